The molecule has 1 aromatic carbocycles. The van der Waals surface area contributed by atoms with E-state index in [9.17, 15) is 13.6 Å². The van der Waals surface area contributed by atoms with Gasteiger partial charge in [0.05, 0.1) is 12.5 Å². The highest BCUT2D eigenvalue weighted by molar-refractivity contribution is 9.10. The van der Waals surface area contributed by atoms with Crippen molar-refractivity contribution in [1.29, 1.82) is 0 Å². The molecule has 2 nitrogen and oxygen atoms in total. The Morgan fingerprint density at radius 2 is 1.94 bits per heavy atom. The minimum atomic E-state index is -3.05. The van der Waals surface area contributed by atoms with Crippen LogP contribution >= 0.6 is 15.9 Å². The van der Waals surface area contributed by atoms with E-state index in [1.165, 1.54) is 6.92 Å². The lowest BCUT2D eigenvalue weighted by molar-refractivity contribution is -0.153. The first-order valence-electron chi connectivity index (χ1n) is 5.66. The Hall–Kier alpha value is -0.970. The first-order valence-corrected chi connectivity index (χ1v) is 6.45. The summed E-state index contributed by atoms with van der Waals surface area (Å²) in [6, 6.07) is 6.59. The molecule has 1 fully saturated rings. The van der Waals surface area contributed by atoms with E-state index >= 15 is 0 Å². The van der Waals surface area contributed by atoms with Gasteiger partial charge in [-0.3, -0.25) is 4.79 Å². The normalized spacial score (nSPS) is 28.8. The smallest absolute Gasteiger partial charge is 0.318 e. The van der Waals surface area contributed by atoms with Gasteiger partial charge < -0.3 is 4.74 Å². The van der Waals surface area contributed by atoms with Crippen molar-refractivity contribution in [3.05, 3.63) is 34.3 Å². The molecule has 0 saturated heterocycles. The minimum Gasteiger partial charge on any atom is -0.465 e. The molecule has 0 amide bonds. The summed E-state index contributed by atoms with van der Waals surface area (Å²) < 4.78 is 33.3. The second kappa shape index (κ2) is 4.30. The Balaban J connectivity index is 2.30. The number of carbonyl (C=O) groups is 1. The zero-order chi connectivity index (χ0) is 13.6. The highest BCUT2D eigenvalue weighted by atomic mass is 79.9. The maximum Gasteiger partial charge on any atom is 0.318 e. The Labute approximate surface area is 112 Å². The molecule has 98 valence electrons. The summed E-state index contributed by atoms with van der Waals surface area (Å²) >= 11 is 3.25. The van der Waals surface area contributed by atoms with Crippen LogP contribution in [0.1, 0.15) is 25.3 Å². The van der Waals surface area contributed by atoms with Crippen molar-refractivity contribution in [1.82, 2.24) is 0 Å². The topological polar surface area (TPSA) is 26.3 Å². The highest BCUT2D eigenvalue weighted by Gasteiger charge is 2.83. The van der Waals surface area contributed by atoms with Crippen molar-refractivity contribution in [2.24, 2.45) is 5.41 Å². The highest BCUT2D eigenvalue weighted by Crippen LogP contribution is 2.71. The maximum atomic E-state index is 13.9. The molecular formula is C13H13BrF2O2. The Bertz CT molecular complexity index is 472. The van der Waals surface area contributed by atoms with Gasteiger partial charge in [0.25, 0.3) is 5.92 Å². The average molecular weight is 319 g/mol. The number of carbonyl (C=O) groups excluding carboxylic acids is 1. The zero-order valence-corrected chi connectivity index (χ0v) is 11.6. The molecule has 5 heteroatoms. The van der Waals surface area contributed by atoms with Gasteiger partial charge in [0, 0.05) is 4.47 Å². The minimum absolute atomic E-state index is 0.109. The number of esters is 1. The van der Waals surface area contributed by atoms with Crippen molar-refractivity contribution < 1.29 is 18.3 Å². The third-order valence-electron chi connectivity index (χ3n) is 3.45. The molecule has 0 aromatic heterocycles. The number of rotatable bonds is 3. The van der Waals surface area contributed by atoms with Crippen LogP contribution in [0.15, 0.2) is 28.7 Å². The van der Waals surface area contributed by atoms with Crippen LogP contribution in [0.3, 0.4) is 0 Å². The quantitative estimate of drug-likeness (QED) is 0.793. The lowest BCUT2D eigenvalue weighted by Crippen LogP contribution is -2.22. The van der Waals surface area contributed by atoms with Gasteiger partial charge in [-0.05, 0) is 31.5 Å². The molecule has 1 saturated carbocycles. The molecule has 0 bridgehead atoms. The fraction of sp³-hybridized carbons (Fsp3) is 0.462. The Morgan fingerprint density at radius 3 is 2.44 bits per heavy atom. The summed E-state index contributed by atoms with van der Waals surface area (Å²) in [6.45, 7) is 2.98. The average Bonchev–Trinajstić information content (AvgIpc) is 2.77. The van der Waals surface area contributed by atoms with Crippen LogP contribution in [-0.4, -0.2) is 18.5 Å². The van der Waals surface area contributed by atoms with Crippen molar-refractivity contribution in [2.45, 2.75) is 25.7 Å². The number of halogens is 3. The van der Waals surface area contributed by atoms with Crippen molar-refractivity contribution in [2.75, 3.05) is 6.61 Å². The number of ether oxygens (including phenoxy) is 1. The molecule has 2 atom stereocenters. The molecular weight excluding hydrogens is 306 g/mol. The monoisotopic (exact) mass is 318 g/mol. The summed E-state index contributed by atoms with van der Waals surface area (Å²) in [5.41, 5.74) is -1.28. The first kappa shape index (κ1) is 13.5. The number of benzene rings is 1. The third kappa shape index (κ3) is 1.76. The van der Waals surface area contributed by atoms with E-state index in [0.717, 1.165) is 4.47 Å². The van der Waals surface area contributed by atoms with Crippen molar-refractivity contribution in [3.8, 4) is 0 Å². The Morgan fingerprint density at radius 1 is 1.39 bits per heavy atom. The Kier molecular flexibility index (Phi) is 3.21. The van der Waals surface area contributed by atoms with Crippen LogP contribution in [0.4, 0.5) is 8.78 Å². The van der Waals surface area contributed by atoms with Gasteiger partial charge in [0.1, 0.15) is 5.41 Å². The fourth-order valence-corrected chi connectivity index (χ4v) is 2.53. The van der Waals surface area contributed by atoms with Gasteiger partial charge in [0.15, 0.2) is 0 Å². The predicted octanol–water partition coefficient (Wildman–Crippen LogP) is 3.75. The van der Waals surface area contributed by atoms with Crippen LogP contribution in [0, 0.1) is 5.41 Å². The van der Waals surface area contributed by atoms with Gasteiger partial charge in [0.2, 0.25) is 0 Å². The van der Waals surface area contributed by atoms with E-state index in [1.54, 1.807) is 31.2 Å². The molecule has 0 spiro atoms. The number of hydrogen-bond donors (Lipinski definition) is 0. The second-order valence-electron chi connectivity index (χ2n) is 4.53. The van der Waals surface area contributed by atoms with Gasteiger partial charge >= 0.3 is 5.97 Å². The summed E-state index contributed by atoms with van der Waals surface area (Å²) in [4.78, 5) is 11.7. The van der Waals surface area contributed by atoms with E-state index in [1.807, 2.05) is 0 Å². The van der Waals surface area contributed by atoms with E-state index in [2.05, 4.69) is 15.9 Å². The third-order valence-corrected chi connectivity index (χ3v) is 3.98. The molecule has 1 aliphatic rings. The van der Waals surface area contributed by atoms with Crippen LogP contribution < -0.4 is 0 Å². The molecule has 0 unspecified atom stereocenters. The van der Waals surface area contributed by atoms with Crippen molar-refractivity contribution in [3.63, 3.8) is 0 Å². The van der Waals surface area contributed by atoms with Crippen LogP contribution in [0.2, 0.25) is 0 Å². The SMILES string of the molecule is CCOC(=O)[C@]1(C)[C@@H](c2ccc(Br)cc2)C1(F)F. The molecule has 0 aliphatic heterocycles. The second-order valence-corrected chi connectivity index (χ2v) is 5.45. The lowest BCUT2D eigenvalue weighted by Gasteiger charge is -2.08. The predicted molar refractivity (Wildman–Crippen MR) is 66.6 cm³/mol. The molecule has 18 heavy (non-hydrogen) atoms. The van der Waals surface area contributed by atoms with Crippen LogP contribution in [0.5, 0.6) is 0 Å². The molecule has 1 aliphatic carbocycles. The fourth-order valence-electron chi connectivity index (χ4n) is 2.26. The summed E-state index contributed by atoms with van der Waals surface area (Å²) in [5.74, 6) is -4.98. The summed E-state index contributed by atoms with van der Waals surface area (Å²) in [6.07, 6.45) is 0. The molecule has 2 rings (SSSR count). The number of alkyl halides is 2. The van der Waals surface area contributed by atoms with E-state index < -0.39 is 23.2 Å². The number of hydrogen-bond acceptors (Lipinski definition) is 2. The molecule has 0 N–H and O–H groups in total. The van der Waals surface area contributed by atoms with E-state index in [4.69, 9.17) is 4.74 Å². The van der Waals surface area contributed by atoms with Gasteiger partial charge in [-0.1, -0.05) is 28.1 Å². The zero-order valence-electron chi connectivity index (χ0n) is 10.0. The largest absolute Gasteiger partial charge is 0.465 e. The van der Waals surface area contributed by atoms with Gasteiger partial charge in [-0.2, -0.15) is 0 Å². The molecule has 0 radical (unpaired) electrons. The summed E-state index contributed by atoms with van der Waals surface area (Å²) in [7, 11) is 0. The molecule has 1 aromatic rings. The van der Waals surface area contributed by atoms with E-state index in [0.29, 0.717) is 5.56 Å². The maximum absolute atomic E-state index is 13.9. The van der Waals surface area contributed by atoms with Gasteiger partial charge in [-0.15, -0.1) is 0 Å². The summed E-state index contributed by atoms with van der Waals surface area (Å²) in [5, 5.41) is 0. The standard InChI is InChI=1S/C13H13BrF2O2/c1-3-18-11(17)12(2)10(13(12,15)16)8-4-6-9(14)7-5-8/h4-7,10H,3H2,1-2H3/t10-,12+/m1/s1. The van der Waals surface area contributed by atoms with E-state index in [-0.39, 0.29) is 6.61 Å². The van der Waals surface area contributed by atoms with Crippen LogP contribution in [-0.2, 0) is 9.53 Å². The first-order chi connectivity index (χ1) is 8.35. The van der Waals surface area contributed by atoms with Crippen LogP contribution in [0.25, 0.3) is 0 Å². The lowest BCUT2D eigenvalue weighted by atomic mass is 10.0. The van der Waals surface area contributed by atoms with Gasteiger partial charge in [-0.25, -0.2) is 8.78 Å². The van der Waals surface area contributed by atoms with Crippen molar-refractivity contribution >= 4 is 21.9 Å². The molecule has 0 heterocycles.